The molecule has 6 nitrogen and oxygen atoms in total. The van der Waals surface area contributed by atoms with Crippen LogP contribution in [0.25, 0.3) is 0 Å². The fraction of sp³-hybridized carbons (Fsp3) is 0.738. The Balaban J connectivity index is 4.72. The number of carbonyl (C=O) groups is 2. The lowest BCUT2D eigenvalue weighted by Crippen LogP contribution is -2.46. The first-order valence-electron chi connectivity index (χ1n) is 28.3. The predicted octanol–water partition coefficient (Wildman–Crippen LogP) is 17.5. The van der Waals surface area contributed by atoms with Crippen molar-refractivity contribution < 1.29 is 24.5 Å². The molecule has 0 fully saturated rings. The van der Waals surface area contributed by atoms with E-state index in [2.05, 4.69) is 105 Å². The van der Waals surface area contributed by atoms with E-state index in [4.69, 9.17) is 4.74 Å². The van der Waals surface area contributed by atoms with Gasteiger partial charge in [0.15, 0.2) is 0 Å². The van der Waals surface area contributed by atoms with Gasteiger partial charge in [0.05, 0.1) is 25.2 Å². The monoisotopic (exact) mass is 934 g/mol. The van der Waals surface area contributed by atoms with Crippen molar-refractivity contribution in [3.8, 4) is 0 Å². The zero-order valence-corrected chi connectivity index (χ0v) is 44.0. The maximum absolute atomic E-state index is 13.2. The van der Waals surface area contributed by atoms with E-state index in [1.807, 2.05) is 6.08 Å². The number of allylic oxidation sites excluding steroid dienone is 13. The molecule has 0 aliphatic rings. The van der Waals surface area contributed by atoms with Crippen molar-refractivity contribution in [2.24, 2.45) is 0 Å². The first-order chi connectivity index (χ1) is 33.0. The number of ether oxygens (including phenoxy) is 1. The van der Waals surface area contributed by atoms with Gasteiger partial charge in [-0.1, -0.05) is 260 Å². The van der Waals surface area contributed by atoms with E-state index in [1.54, 1.807) is 0 Å². The van der Waals surface area contributed by atoms with E-state index < -0.39 is 18.2 Å². The fourth-order valence-electron chi connectivity index (χ4n) is 8.18. The molecule has 3 unspecified atom stereocenters. The van der Waals surface area contributed by atoms with Gasteiger partial charge in [-0.25, -0.2) is 0 Å². The van der Waals surface area contributed by atoms with Crippen LogP contribution >= 0.6 is 0 Å². The summed E-state index contributed by atoms with van der Waals surface area (Å²) in [5.74, 6) is -0.599. The van der Waals surface area contributed by atoms with Crippen LogP contribution in [-0.2, 0) is 14.3 Å². The standard InChI is InChI=1S/C61H107NO5/c1-4-7-10-13-16-19-22-25-28-29-30-33-36-39-42-45-48-51-54-61(66)67-57(52-49-46-43-40-37-34-31-26-23-20-17-14-11-8-5-2)55-60(65)62-58(56-63)59(64)53-50-47-44-41-38-35-32-27-24-21-18-15-12-9-6-3/h17,20,22,25-26,28-31,33,37,40,46,49,57-59,63-64H,4-16,18-19,21,23-24,27,32,34-36,38-39,41-45,47-48,50-56H2,1-3H3,(H,62,65)/b20-17-,25-22+,29-28+,31-26-,33-30+,40-37-,49-46-. The summed E-state index contributed by atoms with van der Waals surface area (Å²) in [6.07, 6.45) is 70.8. The van der Waals surface area contributed by atoms with Gasteiger partial charge in [0, 0.05) is 12.8 Å². The van der Waals surface area contributed by atoms with Crippen LogP contribution in [0.5, 0.6) is 0 Å². The summed E-state index contributed by atoms with van der Waals surface area (Å²) in [7, 11) is 0. The number of hydrogen-bond donors (Lipinski definition) is 3. The van der Waals surface area contributed by atoms with Gasteiger partial charge in [-0.3, -0.25) is 9.59 Å². The Morgan fingerprint density at radius 2 is 0.851 bits per heavy atom. The summed E-state index contributed by atoms with van der Waals surface area (Å²) in [6, 6.07) is -0.740. The van der Waals surface area contributed by atoms with E-state index in [-0.39, 0.29) is 24.9 Å². The highest BCUT2D eigenvalue weighted by Crippen LogP contribution is 2.16. The van der Waals surface area contributed by atoms with E-state index in [0.717, 1.165) is 83.5 Å². The van der Waals surface area contributed by atoms with Crippen molar-refractivity contribution >= 4 is 11.9 Å². The van der Waals surface area contributed by atoms with Crippen molar-refractivity contribution in [1.82, 2.24) is 5.32 Å². The second-order valence-electron chi connectivity index (χ2n) is 19.1. The minimum absolute atomic E-state index is 0.00986. The summed E-state index contributed by atoms with van der Waals surface area (Å²) >= 11 is 0. The van der Waals surface area contributed by atoms with Gasteiger partial charge in [-0.15, -0.1) is 0 Å². The Bertz CT molecular complexity index is 1280. The molecule has 1 amide bonds. The van der Waals surface area contributed by atoms with Crippen LogP contribution in [0.2, 0.25) is 0 Å². The Labute approximate surface area is 414 Å². The third-order valence-electron chi connectivity index (χ3n) is 12.5. The number of rotatable bonds is 50. The van der Waals surface area contributed by atoms with Crippen molar-refractivity contribution in [1.29, 1.82) is 0 Å². The molecule has 0 saturated carbocycles. The molecule has 0 spiro atoms. The molecule has 0 aromatic heterocycles. The molecule has 0 aliphatic carbocycles. The Kier molecular flexibility index (Phi) is 51.6. The van der Waals surface area contributed by atoms with Crippen LogP contribution in [0.1, 0.15) is 265 Å². The lowest BCUT2D eigenvalue weighted by molar-refractivity contribution is -0.150. The van der Waals surface area contributed by atoms with Gasteiger partial charge in [-0.2, -0.15) is 0 Å². The highest BCUT2D eigenvalue weighted by atomic mass is 16.5. The second kappa shape index (κ2) is 54.0. The minimum atomic E-state index is -0.819. The Hall–Kier alpha value is -2.96. The molecule has 386 valence electrons. The van der Waals surface area contributed by atoms with Crippen molar-refractivity contribution in [2.45, 2.75) is 283 Å². The molecule has 67 heavy (non-hydrogen) atoms. The molecule has 0 aliphatic heterocycles. The number of nitrogens with one attached hydrogen (secondary N) is 1. The lowest BCUT2D eigenvalue weighted by Gasteiger charge is -2.24. The van der Waals surface area contributed by atoms with Gasteiger partial charge in [0.1, 0.15) is 6.10 Å². The maximum Gasteiger partial charge on any atom is 0.306 e. The minimum Gasteiger partial charge on any atom is -0.461 e. The number of carbonyl (C=O) groups excluding carboxylic acids is 2. The van der Waals surface area contributed by atoms with Crippen LogP contribution < -0.4 is 5.32 Å². The van der Waals surface area contributed by atoms with Crippen LogP contribution in [0, 0.1) is 0 Å². The first-order valence-corrected chi connectivity index (χ1v) is 28.3. The van der Waals surface area contributed by atoms with Gasteiger partial charge in [0.25, 0.3) is 0 Å². The van der Waals surface area contributed by atoms with Crippen molar-refractivity contribution in [3.05, 3.63) is 85.1 Å². The van der Waals surface area contributed by atoms with Crippen molar-refractivity contribution in [3.63, 3.8) is 0 Å². The van der Waals surface area contributed by atoms with Gasteiger partial charge < -0.3 is 20.3 Å². The van der Waals surface area contributed by atoms with Crippen LogP contribution in [-0.4, -0.2) is 46.9 Å². The molecule has 0 saturated heterocycles. The fourth-order valence-corrected chi connectivity index (χ4v) is 8.18. The first kappa shape index (κ1) is 64.0. The summed E-state index contributed by atoms with van der Waals surface area (Å²) in [4.78, 5) is 26.2. The lowest BCUT2D eigenvalue weighted by atomic mass is 10.0. The second-order valence-corrected chi connectivity index (χ2v) is 19.1. The number of aliphatic hydroxyl groups excluding tert-OH is 2. The molecule has 0 heterocycles. The molecule has 6 heteroatoms. The molecule has 0 aromatic carbocycles. The summed E-state index contributed by atoms with van der Waals surface area (Å²) in [5, 5.41) is 23.8. The van der Waals surface area contributed by atoms with E-state index in [0.29, 0.717) is 19.3 Å². The molecule has 3 atom stereocenters. The molecule has 0 bridgehead atoms. The van der Waals surface area contributed by atoms with Crippen LogP contribution in [0.15, 0.2) is 85.1 Å². The Morgan fingerprint density at radius 3 is 1.34 bits per heavy atom. The van der Waals surface area contributed by atoms with Crippen LogP contribution in [0.4, 0.5) is 0 Å². The smallest absolute Gasteiger partial charge is 0.306 e. The Morgan fingerprint density at radius 1 is 0.463 bits per heavy atom. The summed E-state index contributed by atoms with van der Waals surface area (Å²) < 4.78 is 5.88. The SMILES string of the molecule is CCCCC/C=C\C/C=C\C/C=C\C/C=C\CC(CC(=O)NC(CO)C(O)CCCCCCCCCCCCCCCCC)OC(=O)CCCCCCC/C=C/C=C/C=C/CCCCCCC. The topological polar surface area (TPSA) is 95.9 Å². The third-order valence-corrected chi connectivity index (χ3v) is 12.5. The summed E-state index contributed by atoms with van der Waals surface area (Å²) in [5.41, 5.74) is 0. The normalized spacial score (nSPS) is 13.8. The largest absolute Gasteiger partial charge is 0.461 e. The van der Waals surface area contributed by atoms with Gasteiger partial charge in [-0.05, 0) is 70.6 Å². The molecule has 0 radical (unpaired) electrons. The number of esters is 1. The van der Waals surface area contributed by atoms with Gasteiger partial charge >= 0.3 is 5.97 Å². The quantitative estimate of drug-likeness (QED) is 0.0244. The predicted molar refractivity (Wildman–Crippen MR) is 291 cm³/mol. The summed E-state index contributed by atoms with van der Waals surface area (Å²) in [6.45, 7) is 6.42. The highest BCUT2D eigenvalue weighted by molar-refractivity contribution is 5.77. The zero-order valence-electron chi connectivity index (χ0n) is 44.0. The van der Waals surface area contributed by atoms with E-state index >= 15 is 0 Å². The number of unbranched alkanes of at least 4 members (excludes halogenated alkanes) is 27. The van der Waals surface area contributed by atoms with E-state index in [1.165, 1.54) is 135 Å². The number of aliphatic hydroxyl groups is 2. The van der Waals surface area contributed by atoms with Crippen LogP contribution in [0.3, 0.4) is 0 Å². The maximum atomic E-state index is 13.2. The van der Waals surface area contributed by atoms with E-state index in [9.17, 15) is 19.8 Å². The third kappa shape index (κ3) is 49.3. The molecule has 3 N–H and O–H groups in total. The highest BCUT2D eigenvalue weighted by Gasteiger charge is 2.23. The average molecular weight is 935 g/mol. The number of amides is 1. The van der Waals surface area contributed by atoms with Crippen molar-refractivity contribution in [2.75, 3.05) is 6.61 Å². The zero-order chi connectivity index (χ0) is 48.8. The molecular weight excluding hydrogens is 827 g/mol. The molecule has 0 aromatic rings. The average Bonchev–Trinajstić information content (AvgIpc) is 3.32. The molecule has 0 rings (SSSR count). The molecular formula is C61H107NO5. The number of hydrogen-bond acceptors (Lipinski definition) is 5. The van der Waals surface area contributed by atoms with Gasteiger partial charge in [0.2, 0.25) is 5.91 Å².